The van der Waals surface area contributed by atoms with Gasteiger partial charge in [-0.25, -0.2) is 0 Å². The lowest BCUT2D eigenvalue weighted by molar-refractivity contribution is 0.488. The molecule has 0 saturated heterocycles. The van der Waals surface area contributed by atoms with Crippen molar-refractivity contribution in [1.29, 1.82) is 0 Å². The zero-order valence-corrected chi connectivity index (χ0v) is 13.1. The van der Waals surface area contributed by atoms with Gasteiger partial charge in [-0.3, -0.25) is 0 Å². The Morgan fingerprint density at radius 1 is 0.684 bits per heavy atom. The molecule has 19 heavy (non-hydrogen) atoms. The molecule has 0 radical (unpaired) electrons. The molecular formula is C16H10Br2O. The first-order valence-electron chi connectivity index (χ1n) is 5.85. The molecule has 0 aliphatic heterocycles. The quantitative estimate of drug-likeness (QED) is 0.519. The van der Waals surface area contributed by atoms with Crippen LogP contribution in [0.5, 0.6) is 11.5 Å². The fraction of sp³-hybridized carbons (Fsp3) is 0. The number of benzene rings is 3. The van der Waals surface area contributed by atoms with E-state index in [9.17, 15) is 0 Å². The maximum absolute atomic E-state index is 5.96. The smallest absolute Gasteiger partial charge is 0.135 e. The van der Waals surface area contributed by atoms with Crippen molar-refractivity contribution >= 4 is 42.6 Å². The van der Waals surface area contributed by atoms with E-state index in [-0.39, 0.29) is 0 Å². The van der Waals surface area contributed by atoms with Crippen molar-refractivity contribution in [2.24, 2.45) is 0 Å². The number of hydrogen-bond donors (Lipinski definition) is 0. The molecule has 0 aliphatic rings. The van der Waals surface area contributed by atoms with Gasteiger partial charge in [-0.1, -0.05) is 56.1 Å². The fourth-order valence-electron chi connectivity index (χ4n) is 1.95. The van der Waals surface area contributed by atoms with Gasteiger partial charge in [-0.15, -0.1) is 0 Å². The predicted molar refractivity (Wildman–Crippen MR) is 85.9 cm³/mol. The zero-order valence-electron chi connectivity index (χ0n) is 9.94. The minimum atomic E-state index is 0.829. The highest BCUT2D eigenvalue weighted by molar-refractivity contribution is 9.11. The first kappa shape index (κ1) is 12.7. The molecule has 0 N–H and O–H groups in total. The molecule has 3 rings (SSSR count). The highest BCUT2D eigenvalue weighted by Crippen LogP contribution is 2.34. The Balaban J connectivity index is 2.06. The summed E-state index contributed by atoms with van der Waals surface area (Å²) >= 11 is 6.98. The number of halogens is 2. The number of ether oxygens (including phenoxy) is 1. The van der Waals surface area contributed by atoms with Crippen LogP contribution in [0.15, 0.2) is 69.6 Å². The van der Waals surface area contributed by atoms with Crippen molar-refractivity contribution in [1.82, 2.24) is 0 Å². The van der Waals surface area contributed by atoms with Gasteiger partial charge in [-0.05, 0) is 41.8 Å². The highest BCUT2D eigenvalue weighted by atomic mass is 79.9. The standard InChI is InChI=1S/C16H10Br2O/c17-11-5-7-12(8-6-11)19-16-10-9-15(18)13-3-1-2-4-14(13)16/h1-10H. The molecule has 0 aliphatic carbocycles. The topological polar surface area (TPSA) is 9.23 Å². The minimum Gasteiger partial charge on any atom is -0.457 e. The van der Waals surface area contributed by atoms with Crippen LogP contribution in [-0.4, -0.2) is 0 Å². The molecule has 0 fully saturated rings. The molecule has 94 valence electrons. The summed E-state index contributed by atoms with van der Waals surface area (Å²) in [4.78, 5) is 0. The third-order valence-electron chi connectivity index (χ3n) is 2.87. The van der Waals surface area contributed by atoms with Crippen LogP contribution < -0.4 is 4.74 Å². The lowest BCUT2D eigenvalue weighted by Gasteiger charge is -2.10. The largest absolute Gasteiger partial charge is 0.457 e. The second kappa shape index (κ2) is 5.35. The van der Waals surface area contributed by atoms with E-state index < -0.39 is 0 Å². The van der Waals surface area contributed by atoms with Gasteiger partial charge >= 0.3 is 0 Å². The summed E-state index contributed by atoms with van der Waals surface area (Å²) in [5.74, 6) is 1.69. The molecule has 1 nitrogen and oxygen atoms in total. The first-order valence-corrected chi connectivity index (χ1v) is 7.43. The highest BCUT2D eigenvalue weighted by Gasteiger charge is 2.05. The van der Waals surface area contributed by atoms with Crippen LogP contribution >= 0.6 is 31.9 Å². The van der Waals surface area contributed by atoms with E-state index in [1.165, 1.54) is 0 Å². The van der Waals surface area contributed by atoms with E-state index >= 15 is 0 Å². The summed E-state index contributed by atoms with van der Waals surface area (Å²) in [6.07, 6.45) is 0. The van der Waals surface area contributed by atoms with Crippen LogP contribution in [0.3, 0.4) is 0 Å². The summed E-state index contributed by atoms with van der Waals surface area (Å²) in [6, 6.07) is 20.0. The second-order valence-electron chi connectivity index (χ2n) is 4.15. The van der Waals surface area contributed by atoms with E-state index in [1.54, 1.807) is 0 Å². The SMILES string of the molecule is Brc1ccc(Oc2ccc(Br)c3ccccc23)cc1. The third kappa shape index (κ3) is 2.67. The summed E-state index contributed by atoms with van der Waals surface area (Å²) in [5, 5.41) is 2.25. The molecule has 3 aromatic carbocycles. The van der Waals surface area contributed by atoms with E-state index in [0.717, 1.165) is 31.2 Å². The van der Waals surface area contributed by atoms with Crippen molar-refractivity contribution in [3.8, 4) is 11.5 Å². The Kier molecular flexibility index (Phi) is 3.58. The van der Waals surface area contributed by atoms with Gasteiger partial charge in [0.15, 0.2) is 0 Å². The van der Waals surface area contributed by atoms with E-state index in [4.69, 9.17) is 4.74 Å². The van der Waals surface area contributed by atoms with Gasteiger partial charge in [0, 0.05) is 14.3 Å². The molecule has 0 heterocycles. The number of hydrogen-bond acceptors (Lipinski definition) is 1. The Morgan fingerprint density at radius 2 is 1.37 bits per heavy atom. The molecular weight excluding hydrogens is 368 g/mol. The fourth-order valence-corrected chi connectivity index (χ4v) is 2.70. The Morgan fingerprint density at radius 3 is 2.11 bits per heavy atom. The normalized spacial score (nSPS) is 10.6. The molecule has 0 aromatic heterocycles. The molecule has 0 atom stereocenters. The molecule has 3 heteroatoms. The van der Waals surface area contributed by atoms with Crippen LogP contribution in [0.25, 0.3) is 10.8 Å². The lowest BCUT2D eigenvalue weighted by atomic mass is 10.1. The first-order chi connectivity index (χ1) is 9.24. The molecule has 0 saturated carbocycles. The molecule has 0 spiro atoms. The summed E-state index contributed by atoms with van der Waals surface area (Å²) in [5.41, 5.74) is 0. The van der Waals surface area contributed by atoms with Crippen LogP contribution in [0, 0.1) is 0 Å². The average molecular weight is 378 g/mol. The van der Waals surface area contributed by atoms with Crippen LogP contribution in [0.2, 0.25) is 0 Å². The van der Waals surface area contributed by atoms with Gasteiger partial charge in [0.25, 0.3) is 0 Å². The van der Waals surface area contributed by atoms with Gasteiger partial charge in [0.2, 0.25) is 0 Å². The summed E-state index contributed by atoms with van der Waals surface area (Å²) in [6.45, 7) is 0. The van der Waals surface area contributed by atoms with Gasteiger partial charge in [0.05, 0.1) is 0 Å². The third-order valence-corrected chi connectivity index (χ3v) is 4.09. The molecule has 3 aromatic rings. The van der Waals surface area contributed by atoms with Crippen molar-refractivity contribution in [3.63, 3.8) is 0 Å². The van der Waals surface area contributed by atoms with Crippen LogP contribution in [-0.2, 0) is 0 Å². The van der Waals surface area contributed by atoms with Crippen molar-refractivity contribution < 1.29 is 4.74 Å². The number of rotatable bonds is 2. The number of fused-ring (bicyclic) bond motifs is 1. The lowest BCUT2D eigenvalue weighted by Crippen LogP contribution is -1.86. The zero-order chi connectivity index (χ0) is 13.2. The molecule has 0 amide bonds. The molecule has 0 bridgehead atoms. The van der Waals surface area contributed by atoms with E-state index in [0.29, 0.717) is 0 Å². The summed E-state index contributed by atoms with van der Waals surface area (Å²) < 4.78 is 8.08. The van der Waals surface area contributed by atoms with Gasteiger partial charge in [0.1, 0.15) is 11.5 Å². The maximum atomic E-state index is 5.96. The van der Waals surface area contributed by atoms with Crippen molar-refractivity contribution in [3.05, 3.63) is 69.6 Å². The van der Waals surface area contributed by atoms with Crippen molar-refractivity contribution in [2.75, 3.05) is 0 Å². The van der Waals surface area contributed by atoms with E-state index in [2.05, 4.69) is 44.0 Å². The minimum absolute atomic E-state index is 0.829. The second-order valence-corrected chi connectivity index (χ2v) is 5.92. The average Bonchev–Trinajstić information content (AvgIpc) is 2.45. The van der Waals surface area contributed by atoms with E-state index in [1.807, 2.05) is 48.5 Å². The Labute approximate surface area is 128 Å². The Bertz CT molecular complexity index is 720. The van der Waals surface area contributed by atoms with Crippen LogP contribution in [0.4, 0.5) is 0 Å². The molecule has 0 unspecified atom stereocenters. The predicted octanol–water partition coefficient (Wildman–Crippen LogP) is 6.16. The maximum Gasteiger partial charge on any atom is 0.135 e. The van der Waals surface area contributed by atoms with Crippen LogP contribution in [0.1, 0.15) is 0 Å². The summed E-state index contributed by atoms with van der Waals surface area (Å²) in [7, 11) is 0. The monoisotopic (exact) mass is 376 g/mol. The van der Waals surface area contributed by atoms with Gasteiger partial charge < -0.3 is 4.74 Å². The van der Waals surface area contributed by atoms with Gasteiger partial charge in [-0.2, -0.15) is 0 Å². The Hall–Kier alpha value is -1.32. The van der Waals surface area contributed by atoms with Crippen molar-refractivity contribution in [2.45, 2.75) is 0 Å².